The van der Waals surface area contributed by atoms with Crippen LogP contribution in [0.25, 0.3) is 11.3 Å². The summed E-state index contributed by atoms with van der Waals surface area (Å²) in [6.07, 6.45) is 3.10. The van der Waals surface area contributed by atoms with Gasteiger partial charge in [0.1, 0.15) is 28.7 Å². The van der Waals surface area contributed by atoms with Crippen LogP contribution in [0.3, 0.4) is 0 Å². The van der Waals surface area contributed by atoms with E-state index < -0.39 is 5.91 Å². The highest BCUT2D eigenvalue weighted by Crippen LogP contribution is 2.31. The van der Waals surface area contributed by atoms with Gasteiger partial charge in [0.15, 0.2) is 0 Å². The van der Waals surface area contributed by atoms with Crippen LogP contribution in [0, 0.1) is 25.2 Å². The Bertz CT molecular complexity index is 2270. The SMILES string of the molecule is Cc1ccc(Oc2cc(Cl)cc(NC(=O)c3cc(C#N)cc(-c4ccc(Oc5cc(Cl)cc(NC(=O)c6cccc(C)n6)c5)cn4)c3)c2)cn1. The van der Waals surface area contributed by atoms with E-state index in [0.717, 1.165) is 11.4 Å². The monoisotopic (exact) mass is 700 g/mol. The number of halogens is 2. The molecule has 12 heteroatoms. The van der Waals surface area contributed by atoms with E-state index in [0.29, 0.717) is 55.7 Å². The Labute approximate surface area is 297 Å². The molecule has 10 nitrogen and oxygen atoms in total. The Kier molecular flexibility index (Phi) is 10.00. The van der Waals surface area contributed by atoms with E-state index >= 15 is 0 Å². The van der Waals surface area contributed by atoms with Crippen molar-refractivity contribution in [3.63, 3.8) is 0 Å². The highest BCUT2D eigenvalue weighted by atomic mass is 35.5. The topological polar surface area (TPSA) is 139 Å². The van der Waals surface area contributed by atoms with Gasteiger partial charge in [0.25, 0.3) is 11.8 Å². The molecule has 2 amide bonds. The van der Waals surface area contributed by atoms with E-state index in [1.807, 2.05) is 13.0 Å². The summed E-state index contributed by atoms with van der Waals surface area (Å²) in [7, 11) is 0. The fourth-order valence-electron chi connectivity index (χ4n) is 4.82. The van der Waals surface area contributed by atoms with Crippen molar-refractivity contribution in [3.05, 3.63) is 148 Å². The normalized spacial score (nSPS) is 10.5. The van der Waals surface area contributed by atoms with Gasteiger partial charge in [-0.05, 0) is 92.7 Å². The van der Waals surface area contributed by atoms with Crippen LogP contribution in [0.4, 0.5) is 11.4 Å². The minimum absolute atomic E-state index is 0.237. The molecule has 0 atom stereocenters. The van der Waals surface area contributed by atoms with Crippen molar-refractivity contribution in [2.75, 3.05) is 10.6 Å². The molecule has 246 valence electrons. The maximum Gasteiger partial charge on any atom is 0.274 e. The number of nitrogens with one attached hydrogen (secondary N) is 2. The second-order valence-electron chi connectivity index (χ2n) is 11.1. The van der Waals surface area contributed by atoms with Crippen LogP contribution < -0.4 is 20.1 Å². The minimum atomic E-state index is -0.462. The summed E-state index contributed by atoms with van der Waals surface area (Å²) in [6, 6.07) is 28.7. The molecule has 0 radical (unpaired) electrons. The molecule has 0 unspecified atom stereocenters. The van der Waals surface area contributed by atoms with Gasteiger partial charge < -0.3 is 20.1 Å². The van der Waals surface area contributed by atoms with Crippen molar-refractivity contribution in [2.24, 2.45) is 0 Å². The first kappa shape index (κ1) is 33.6. The largest absolute Gasteiger partial charge is 0.456 e. The Morgan fingerprint density at radius 3 is 1.90 bits per heavy atom. The summed E-state index contributed by atoms with van der Waals surface area (Å²) in [4.78, 5) is 39.0. The second kappa shape index (κ2) is 14.9. The molecule has 0 aliphatic carbocycles. The Hall–Kier alpha value is -6.28. The quantitative estimate of drug-likeness (QED) is 0.152. The summed E-state index contributed by atoms with van der Waals surface area (Å²) in [6.45, 7) is 3.68. The third kappa shape index (κ3) is 8.59. The number of ether oxygens (including phenoxy) is 2. The molecule has 6 aromatic rings. The first-order valence-corrected chi connectivity index (χ1v) is 15.8. The number of hydrogen-bond donors (Lipinski definition) is 2. The highest BCUT2D eigenvalue weighted by molar-refractivity contribution is 6.31. The van der Waals surface area contributed by atoms with E-state index in [9.17, 15) is 14.9 Å². The third-order valence-corrected chi connectivity index (χ3v) is 7.53. The first-order valence-electron chi connectivity index (χ1n) is 15.1. The van der Waals surface area contributed by atoms with Crippen molar-refractivity contribution in [1.29, 1.82) is 5.26 Å². The Morgan fingerprint density at radius 1 is 0.680 bits per heavy atom. The number of pyridine rings is 3. The molecule has 0 saturated heterocycles. The lowest BCUT2D eigenvalue weighted by Crippen LogP contribution is -2.14. The maximum absolute atomic E-state index is 13.4. The first-order chi connectivity index (χ1) is 24.1. The zero-order valence-electron chi connectivity index (χ0n) is 26.6. The fourth-order valence-corrected chi connectivity index (χ4v) is 5.28. The summed E-state index contributed by atoms with van der Waals surface area (Å²) < 4.78 is 11.8. The summed E-state index contributed by atoms with van der Waals surface area (Å²) >= 11 is 12.6. The third-order valence-electron chi connectivity index (χ3n) is 7.09. The summed E-state index contributed by atoms with van der Waals surface area (Å²) in [5.41, 5.74) is 4.21. The van der Waals surface area contributed by atoms with Gasteiger partial charge in [-0.25, -0.2) is 4.98 Å². The number of carbonyl (C=O) groups excluding carboxylic acids is 2. The number of benzene rings is 3. The summed E-state index contributed by atoms with van der Waals surface area (Å²) in [5, 5.41) is 16.0. The Morgan fingerprint density at radius 2 is 1.32 bits per heavy atom. The van der Waals surface area contributed by atoms with Crippen LogP contribution in [-0.2, 0) is 0 Å². The van der Waals surface area contributed by atoms with E-state index in [1.54, 1.807) is 98.0 Å². The number of aryl methyl sites for hydroxylation is 2. The smallest absolute Gasteiger partial charge is 0.274 e. The van der Waals surface area contributed by atoms with E-state index in [4.69, 9.17) is 32.7 Å². The van der Waals surface area contributed by atoms with Gasteiger partial charge in [0.05, 0.1) is 29.7 Å². The van der Waals surface area contributed by atoms with E-state index in [2.05, 4.69) is 31.7 Å². The Balaban J connectivity index is 1.16. The molecule has 0 aliphatic rings. The molecule has 0 fully saturated rings. The van der Waals surface area contributed by atoms with Gasteiger partial charge in [-0.3, -0.25) is 19.6 Å². The number of aromatic nitrogens is 3. The zero-order chi connectivity index (χ0) is 35.2. The van der Waals surface area contributed by atoms with Crippen LogP contribution in [0.2, 0.25) is 10.0 Å². The molecule has 3 aromatic heterocycles. The van der Waals surface area contributed by atoms with Crippen LogP contribution in [0.5, 0.6) is 23.0 Å². The molecule has 0 aliphatic heterocycles. The maximum atomic E-state index is 13.4. The number of nitriles is 1. The van der Waals surface area contributed by atoms with Crippen LogP contribution in [0.1, 0.15) is 37.8 Å². The predicted molar refractivity (Wildman–Crippen MR) is 191 cm³/mol. The lowest BCUT2D eigenvalue weighted by Gasteiger charge is -2.12. The number of hydrogen-bond acceptors (Lipinski definition) is 8. The number of anilines is 2. The van der Waals surface area contributed by atoms with Crippen molar-refractivity contribution < 1.29 is 19.1 Å². The van der Waals surface area contributed by atoms with Gasteiger partial charge in [0, 0.05) is 56.1 Å². The van der Waals surface area contributed by atoms with Crippen LogP contribution in [-0.4, -0.2) is 26.8 Å². The second-order valence-corrected chi connectivity index (χ2v) is 11.9. The minimum Gasteiger partial charge on any atom is -0.456 e. The van der Waals surface area contributed by atoms with Gasteiger partial charge in [-0.1, -0.05) is 29.3 Å². The molecule has 2 N–H and O–H groups in total. The van der Waals surface area contributed by atoms with Gasteiger partial charge >= 0.3 is 0 Å². The van der Waals surface area contributed by atoms with Gasteiger partial charge in [-0.2, -0.15) is 5.26 Å². The molecule has 0 bridgehead atoms. The van der Waals surface area contributed by atoms with Crippen molar-refractivity contribution in [1.82, 2.24) is 15.0 Å². The number of rotatable bonds is 9. The van der Waals surface area contributed by atoms with Crippen molar-refractivity contribution in [2.45, 2.75) is 13.8 Å². The van der Waals surface area contributed by atoms with Crippen LogP contribution >= 0.6 is 23.2 Å². The number of carbonyl (C=O) groups is 2. The standard InChI is InChI=1S/C38H26Cl2N6O4/c1-22-6-7-31(20-42-22)49-33-15-27(39)13-29(17-33)45-37(47)26-11-24(19-41)10-25(12-26)35-9-8-32(21-43-35)50-34-16-28(40)14-30(18-34)46-38(48)36-5-3-4-23(2)44-36/h3-18,20-21H,1-2H3,(H,45,47)(H,46,48). The summed E-state index contributed by atoms with van der Waals surface area (Å²) in [5.74, 6) is 0.842. The lowest BCUT2D eigenvalue weighted by atomic mass is 10.0. The van der Waals surface area contributed by atoms with E-state index in [-0.39, 0.29) is 22.7 Å². The van der Waals surface area contributed by atoms with Gasteiger partial charge in [-0.15, -0.1) is 0 Å². The zero-order valence-corrected chi connectivity index (χ0v) is 28.1. The molecule has 3 aromatic carbocycles. The number of amides is 2. The van der Waals surface area contributed by atoms with Crippen molar-refractivity contribution >= 4 is 46.4 Å². The van der Waals surface area contributed by atoms with E-state index in [1.165, 1.54) is 12.3 Å². The predicted octanol–water partition coefficient (Wildman–Crippen LogP) is 9.42. The molecule has 6 rings (SSSR count). The molecule has 50 heavy (non-hydrogen) atoms. The number of nitrogens with zero attached hydrogens (tertiary/aromatic N) is 4. The molecule has 3 heterocycles. The van der Waals surface area contributed by atoms with Gasteiger partial charge in [0.2, 0.25) is 0 Å². The molecule has 0 spiro atoms. The fraction of sp³-hybridized carbons (Fsp3) is 0.0526. The average Bonchev–Trinajstić information content (AvgIpc) is 3.09. The lowest BCUT2D eigenvalue weighted by molar-refractivity contribution is 0.101. The van der Waals surface area contributed by atoms with Crippen molar-refractivity contribution in [3.8, 4) is 40.3 Å². The van der Waals surface area contributed by atoms with Crippen LogP contribution in [0.15, 0.2) is 109 Å². The molecular weight excluding hydrogens is 675 g/mol. The molecule has 0 saturated carbocycles. The average molecular weight is 702 g/mol. The highest BCUT2D eigenvalue weighted by Gasteiger charge is 2.14. The molecular formula is C38H26Cl2N6O4.